The first-order chi connectivity index (χ1) is 16.3. The molecule has 0 bridgehead atoms. The summed E-state index contributed by atoms with van der Waals surface area (Å²) >= 11 is 24.6. The molecule has 5 nitrogen and oxygen atoms in total. The van der Waals surface area contributed by atoms with Crippen LogP contribution in [0.25, 0.3) is 28.1 Å². The van der Waals surface area contributed by atoms with E-state index in [1.54, 1.807) is 0 Å². The van der Waals surface area contributed by atoms with Crippen molar-refractivity contribution in [2.45, 2.75) is 11.1 Å². The molecule has 0 amide bonds. The maximum atomic E-state index is 14.3. The summed E-state index contributed by atoms with van der Waals surface area (Å²) < 4.78 is 67.2. The number of halogens is 7. The minimum atomic E-state index is -4.89. The highest BCUT2D eigenvalue weighted by atomic mass is 35.5. The van der Waals surface area contributed by atoms with Crippen LogP contribution in [0, 0.1) is 0 Å². The first-order valence-electron chi connectivity index (χ1n) is 9.51. The van der Waals surface area contributed by atoms with Gasteiger partial charge in [0.1, 0.15) is 0 Å². The fourth-order valence-corrected chi connectivity index (χ4v) is 4.97. The molecule has 0 saturated carbocycles. The van der Waals surface area contributed by atoms with Crippen LogP contribution in [-0.2, 0) is 16.2 Å². The second-order valence-corrected chi connectivity index (χ2v) is 10.5. The highest BCUT2D eigenvalue weighted by Gasteiger charge is 2.41. The molecule has 0 fully saturated rings. The van der Waals surface area contributed by atoms with Crippen molar-refractivity contribution in [2.24, 2.45) is 5.14 Å². The highest BCUT2D eigenvalue weighted by Crippen LogP contribution is 2.46. The molecule has 1 heterocycles. The lowest BCUT2D eigenvalue weighted by Crippen LogP contribution is -2.11. The van der Waals surface area contributed by atoms with E-state index >= 15 is 0 Å². The number of sulfonamides is 1. The summed E-state index contributed by atoms with van der Waals surface area (Å²) in [6.45, 7) is 0. The Morgan fingerprint density at radius 3 is 1.91 bits per heavy atom. The molecule has 13 heteroatoms. The molecule has 0 aliphatic heterocycles. The lowest BCUT2D eigenvalue weighted by Gasteiger charge is -2.14. The molecule has 0 unspecified atom stereocenters. The molecule has 0 aliphatic rings. The van der Waals surface area contributed by atoms with Gasteiger partial charge in [0, 0.05) is 26.7 Å². The number of hydrogen-bond acceptors (Lipinski definition) is 3. The molecule has 182 valence electrons. The van der Waals surface area contributed by atoms with Crippen LogP contribution in [0.2, 0.25) is 20.1 Å². The standard InChI is InChI=1S/C22H12Cl4F3N3O2S/c23-12-3-7-15(16(25)9-12)19-20(11-1-5-14(6-2-11)35(30,33)34)32(31-21(19)22(27,28)29)18-8-4-13(24)10-17(18)26/h1-10H,(H2,30,33,34). The van der Waals surface area contributed by atoms with E-state index < -0.39 is 21.9 Å². The molecule has 4 rings (SSSR count). The Kier molecular flexibility index (Phi) is 6.87. The monoisotopic (exact) mass is 579 g/mol. The summed E-state index contributed by atoms with van der Waals surface area (Å²) in [7, 11) is -4.04. The summed E-state index contributed by atoms with van der Waals surface area (Å²) in [6, 6.07) is 13.2. The van der Waals surface area contributed by atoms with Gasteiger partial charge in [-0.15, -0.1) is 0 Å². The number of alkyl halides is 3. The number of nitrogens with two attached hydrogens (primary N) is 1. The van der Waals surface area contributed by atoms with Crippen molar-refractivity contribution in [1.29, 1.82) is 0 Å². The van der Waals surface area contributed by atoms with Crippen LogP contribution in [-0.4, -0.2) is 18.2 Å². The van der Waals surface area contributed by atoms with E-state index in [1.165, 1.54) is 60.7 Å². The molecule has 1 aromatic heterocycles. The van der Waals surface area contributed by atoms with Crippen molar-refractivity contribution in [3.63, 3.8) is 0 Å². The van der Waals surface area contributed by atoms with E-state index in [0.717, 1.165) is 4.68 Å². The van der Waals surface area contributed by atoms with Gasteiger partial charge < -0.3 is 0 Å². The third-order valence-corrected chi connectivity index (χ3v) is 6.96. The first-order valence-corrected chi connectivity index (χ1v) is 12.6. The zero-order valence-corrected chi connectivity index (χ0v) is 21.0. The van der Waals surface area contributed by atoms with Gasteiger partial charge in [-0.1, -0.05) is 64.6 Å². The van der Waals surface area contributed by atoms with Gasteiger partial charge >= 0.3 is 6.18 Å². The number of hydrogen-bond donors (Lipinski definition) is 1. The van der Waals surface area contributed by atoms with E-state index in [1.807, 2.05) is 0 Å². The fourth-order valence-electron chi connectivity index (χ4n) is 3.46. The Bertz CT molecular complexity index is 1550. The second kappa shape index (κ2) is 9.31. The van der Waals surface area contributed by atoms with Crippen LogP contribution in [0.5, 0.6) is 0 Å². The normalized spacial score (nSPS) is 12.2. The Morgan fingerprint density at radius 2 is 1.40 bits per heavy atom. The van der Waals surface area contributed by atoms with Crippen molar-refractivity contribution in [3.05, 3.63) is 86.4 Å². The number of aromatic nitrogens is 2. The van der Waals surface area contributed by atoms with Crippen LogP contribution >= 0.6 is 46.4 Å². The van der Waals surface area contributed by atoms with Gasteiger partial charge in [-0.05, 0) is 42.5 Å². The molecule has 0 atom stereocenters. The minimum Gasteiger partial charge on any atom is -0.230 e. The molecule has 3 aromatic carbocycles. The van der Waals surface area contributed by atoms with Crippen LogP contribution < -0.4 is 5.14 Å². The van der Waals surface area contributed by atoms with Gasteiger partial charge in [0.25, 0.3) is 0 Å². The molecule has 0 saturated heterocycles. The number of primary sulfonamides is 1. The first kappa shape index (κ1) is 25.8. The Hall–Kier alpha value is -2.27. The van der Waals surface area contributed by atoms with Crippen molar-refractivity contribution in [1.82, 2.24) is 9.78 Å². The lowest BCUT2D eigenvalue weighted by molar-refractivity contribution is -0.140. The highest BCUT2D eigenvalue weighted by molar-refractivity contribution is 7.89. The number of benzene rings is 3. The molecular weight excluding hydrogens is 569 g/mol. The molecular formula is C22H12Cl4F3N3O2S. The smallest absolute Gasteiger partial charge is 0.230 e. The predicted molar refractivity (Wildman–Crippen MR) is 131 cm³/mol. The predicted octanol–water partition coefficient (Wildman–Crippen LogP) is 7.49. The molecule has 0 spiro atoms. The Balaban J connectivity index is 2.14. The van der Waals surface area contributed by atoms with Crippen molar-refractivity contribution >= 4 is 56.4 Å². The lowest BCUT2D eigenvalue weighted by atomic mass is 9.98. The zero-order valence-electron chi connectivity index (χ0n) is 17.1. The summed E-state index contributed by atoms with van der Waals surface area (Å²) in [5.74, 6) is 0. The van der Waals surface area contributed by atoms with E-state index in [0.29, 0.717) is 0 Å². The Labute approximate surface area is 217 Å². The van der Waals surface area contributed by atoms with Gasteiger partial charge in [0.15, 0.2) is 5.69 Å². The zero-order chi connectivity index (χ0) is 25.7. The molecule has 0 aliphatic carbocycles. The molecule has 4 aromatic rings. The van der Waals surface area contributed by atoms with Crippen LogP contribution in [0.4, 0.5) is 13.2 Å². The van der Waals surface area contributed by atoms with Crippen LogP contribution in [0.15, 0.2) is 65.6 Å². The summed E-state index contributed by atoms with van der Waals surface area (Å²) in [4.78, 5) is -0.223. The molecule has 2 N–H and O–H groups in total. The van der Waals surface area contributed by atoms with E-state index in [4.69, 9.17) is 51.5 Å². The van der Waals surface area contributed by atoms with Crippen molar-refractivity contribution in [3.8, 4) is 28.1 Å². The van der Waals surface area contributed by atoms with Crippen molar-refractivity contribution in [2.75, 3.05) is 0 Å². The van der Waals surface area contributed by atoms with Gasteiger partial charge in [0.05, 0.1) is 26.3 Å². The van der Waals surface area contributed by atoms with Crippen LogP contribution in [0.3, 0.4) is 0 Å². The van der Waals surface area contributed by atoms with Crippen LogP contribution in [0.1, 0.15) is 5.69 Å². The second-order valence-electron chi connectivity index (χ2n) is 7.27. The maximum Gasteiger partial charge on any atom is 0.435 e. The van der Waals surface area contributed by atoms with Gasteiger partial charge in [-0.25, -0.2) is 18.2 Å². The largest absolute Gasteiger partial charge is 0.435 e. The summed E-state index contributed by atoms with van der Waals surface area (Å²) in [5.41, 5.74) is -1.35. The van der Waals surface area contributed by atoms with E-state index in [-0.39, 0.29) is 53.1 Å². The van der Waals surface area contributed by atoms with Gasteiger partial charge in [-0.2, -0.15) is 18.3 Å². The molecule has 0 radical (unpaired) electrons. The summed E-state index contributed by atoms with van der Waals surface area (Å²) in [6.07, 6.45) is -4.89. The maximum absolute atomic E-state index is 14.3. The third kappa shape index (κ3) is 5.16. The van der Waals surface area contributed by atoms with Gasteiger partial charge in [-0.3, -0.25) is 0 Å². The SMILES string of the molecule is NS(=O)(=O)c1ccc(-c2c(-c3ccc(Cl)cc3Cl)c(C(F)(F)F)nn2-c2ccc(Cl)cc2Cl)cc1. The van der Waals surface area contributed by atoms with Crippen molar-refractivity contribution < 1.29 is 21.6 Å². The average molecular weight is 581 g/mol. The fraction of sp³-hybridized carbons (Fsp3) is 0.0455. The topological polar surface area (TPSA) is 78.0 Å². The summed E-state index contributed by atoms with van der Waals surface area (Å²) in [5, 5.41) is 9.49. The quantitative estimate of drug-likeness (QED) is 0.272. The van der Waals surface area contributed by atoms with Gasteiger partial charge in [0.2, 0.25) is 10.0 Å². The molecule has 35 heavy (non-hydrogen) atoms. The van der Waals surface area contributed by atoms with E-state index in [2.05, 4.69) is 5.10 Å². The number of nitrogens with zero attached hydrogens (tertiary/aromatic N) is 2. The third-order valence-electron chi connectivity index (χ3n) is 4.95. The number of rotatable bonds is 4. The van der Waals surface area contributed by atoms with E-state index in [9.17, 15) is 21.6 Å². The minimum absolute atomic E-state index is 0.00486. The Morgan fingerprint density at radius 1 is 0.829 bits per heavy atom. The average Bonchev–Trinajstić information content (AvgIpc) is 3.14.